The summed E-state index contributed by atoms with van der Waals surface area (Å²) in [6, 6.07) is 62.6. The molecule has 0 saturated carbocycles. The first kappa shape index (κ1) is 28.9. The summed E-state index contributed by atoms with van der Waals surface area (Å²) < 4.78 is 0. The lowest BCUT2D eigenvalue weighted by Crippen LogP contribution is -2.31. The summed E-state index contributed by atoms with van der Waals surface area (Å²) in [6.07, 6.45) is 0. The lowest BCUT2D eigenvalue weighted by atomic mass is 9.67. The Balaban J connectivity index is 1.23. The van der Waals surface area contributed by atoms with Gasteiger partial charge in [0.2, 0.25) is 0 Å². The zero-order valence-electron chi connectivity index (χ0n) is 27.0. The molecule has 1 aliphatic carbocycles. The molecular weight excluding hydrogens is 627 g/mol. The van der Waals surface area contributed by atoms with Crippen LogP contribution in [0, 0.1) is 0 Å². The van der Waals surface area contributed by atoms with Gasteiger partial charge in [0.05, 0.1) is 5.41 Å². The normalized spacial score (nSPS) is 13.3. The van der Waals surface area contributed by atoms with Gasteiger partial charge in [-0.15, -0.1) is 10.2 Å². The van der Waals surface area contributed by atoms with Gasteiger partial charge in [-0.2, -0.15) is 0 Å². The van der Waals surface area contributed by atoms with Crippen molar-refractivity contribution in [3.05, 3.63) is 198 Å². The zero-order chi connectivity index (χ0) is 33.1. The van der Waals surface area contributed by atoms with E-state index in [9.17, 15) is 0 Å². The highest BCUT2D eigenvalue weighted by Crippen LogP contribution is 2.63. The first-order valence-corrected chi connectivity index (χ1v) is 17.7. The Bertz CT molecular complexity index is 2530. The van der Waals surface area contributed by atoms with Crippen molar-refractivity contribution < 1.29 is 0 Å². The molecule has 10 rings (SSSR count). The molecule has 0 amide bonds. The van der Waals surface area contributed by atoms with Crippen LogP contribution in [0.25, 0.3) is 56.2 Å². The maximum Gasteiger partial charge on any atom is 0.182 e. The highest BCUT2D eigenvalue weighted by Gasteiger charge is 2.50. The van der Waals surface area contributed by atoms with Crippen molar-refractivity contribution in [1.82, 2.24) is 15.2 Å². The molecule has 8 aromatic rings. The number of benzene rings is 7. The van der Waals surface area contributed by atoms with E-state index < -0.39 is 5.41 Å². The van der Waals surface area contributed by atoms with Gasteiger partial charge in [-0.1, -0.05) is 176 Å². The minimum absolute atomic E-state index is 0.439. The fourth-order valence-corrected chi connectivity index (χ4v) is 9.26. The molecule has 0 atom stereocenters. The molecule has 2 heterocycles. The monoisotopic (exact) mass is 655 g/mol. The smallest absolute Gasteiger partial charge is 0.182 e. The predicted octanol–water partition coefficient (Wildman–Crippen LogP) is 11.4. The van der Waals surface area contributed by atoms with Gasteiger partial charge in [0.15, 0.2) is 5.82 Å². The van der Waals surface area contributed by atoms with Gasteiger partial charge in [-0.25, -0.2) is 4.98 Å². The number of nitrogens with zero attached hydrogens (tertiary/aromatic N) is 3. The third-order valence-corrected chi connectivity index (χ3v) is 11.3. The summed E-state index contributed by atoms with van der Waals surface area (Å²) in [5.41, 5.74) is 14.1. The number of rotatable bonds is 4. The summed E-state index contributed by atoms with van der Waals surface area (Å²) in [6.45, 7) is 0. The molecule has 0 saturated heterocycles. The third kappa shape index (κ3) is 4.22. The van der Waals surface area contributed by atoms with E-state index in [0.717, 1.165) is 39.2 Å². The highest BCUT2D eigenvalue weighted by molar-refractivity contribution is 7.99. The maximum absolute atomic E-state index is 5.28. The van der Waals surface area contributed by atoms with Crippen molar-refractivity contribution in [2.75, 3.05) is 0 Å². The summed E-state index contributed by atoms with van der Waals surface area (Å²) in [4.78, 5) is 7.87. The quantitative estimate of drug-likeness (QED) is 0.189. The summed E-state index contributed by atoms with van der Waals surface area (Å²) in [5, 5.41) is 9.66. The molecule has 234 valence electrons. The Morgan fingerprint density at radius 1 is 0.360 bits per heavy atom. The molecule has 0 bridgehead atoms. The Kier molecular flexibility index (Phi) is 6.64. The van der Waals surface area contributed by atoms with Crippen LogP contribution >= 0.6 is 11.8 Å². The molecule has 1 aromatic heterocycles. The fraction of sp³-hybridized carbons (Fsp3) is 0.0217. The SMILES string of the molecule is c1ccc(-c2nnc(-c3ccccc3-c3cccc4c3-c3ccccc3C43c4ccccc4Sc4ccccc43)nc2-c2ccccc2)cc1. The van der Waals surface area contributed by atoms with Crippen LogP contribution in [-0.4, -0.2) is 15.2 Å². The van der Waals surface area contributed by atoms with E-state index >= 15 is 0 Å². The molecule has 4 heteroatoms. The van der Waals surface area contributed by atoms with E-state index in [1.165, 1.54) is 43.2 Å². The summed E-state index contributed by atoms with van der Waals surface area (Å²) in [7, 11) is 0. The van der Waals surface area contributed by atoms with Gasteiger partial charge in [0.25, 0.3) is 0 Å². The van der Waals surface area contributed by atoms with Gasteiger partial charge in [-0.05, 0) is 56.6 Å². The van der Waals surface area contributed by atoms with E-state index in [0.29, 0.717) is 5.82 Å². The van der Waals surface area contributed by atoms with Gasteiger partial charge in [0.1, 0.15) is 11.4 Å². The fourth-order valence-electron chi connectivity index (χ4n) is 8.07. The average molecular weight is 656 g/mol. The second-order valence-corrected chi connectivity index (χ2v) is 13.8. The number of fused-ring (bicyclic) bond motifs is 9. The maximum atomic E-state index is 5.28. The molecule has 0 N–H and O–H groups in total. The average Bonchev–Trinajstić information content (AvgIpc) is 3.49. The molecular formula is C46H29N3S. The predicted molar refractivity (Wildman–Crippen MR) is 203 cm³/mol. The molecule has 50 heavy (non-hydrogen) atoms. The van der Waals surface area contributed by atoms with Crippen LogP contribution in [0.15, 0.2) is 186 Å². The van der Waals surface area contributed by atoms with Crippen LogP contribution in [0.1, 0.15) is 22.3 Å². The number of aromatic nitrogens is 3. The Hall–Kier alpha value is -6.10. The van der Waals surface area contributed by atoms with Crippen LogP contribution in [-0.2, 0) is 5.41 Å². The molecule has 3 nitrogen and oxygen atoms in total. The Labute approximate surface area is 295 Å². The van der Waals surface area contributed by atoms with Crippen LogP contribution in [0.2, 0.25) is 0 Å². The molecule has 7 aromatic carbocycles. The lowest BCUT2D eigenvalue weighted by Gasteiger charge is -2.39. The highest BCUT2D eigenvalue weighted by atomic mass is 32.2. The van der Waals surface area contributed by atoms with Gasteiger partial charge in [-0.3, -0.25) is 0 Å². The van der Waals surface area contributed by atoms with Gasteiger partial charge < -0.3 is 0 Å². The van der Waals surface area contributed by atoms with Crippen LogP contribution in [0.4, 0.5) is 0 Å². The summed E-state index contributed by atoms with van der Waals surface area (Å²) >= 11 is 1.87. The van der Waals surface area contributed by atoms with Gasteiger partial charge in [0, 0.05) is 26.5 Å². The van der Waals surface area contributed by atoms with Crippen molar-refractivity contribution in [3.63, 3.8) is 0 Å². The minimum Gasteiger partial charge on any atom is -0.224 e. The second-order valence-electron chi connectivity index (χ2n) is 12.7. The largest absolute Gasteiger partial charge is 0.224 e. The number of hydrogen-bond acceptors (Lipinski definition) is 4. The minimum atomic E-state index is -0.439. The van der Waals surface area contributed by atoms with Gasteiger partial charge >= 0.3 is 0 Å². The molecule has 2 aliphatic rings. The van der Waals surface area contributed by atoms with E-state index in [2.05, 4.69) is 140 Å². The first-order chi connectivity index (χ1) is 24.8. The van der Waals surface area contributed by atoms with Crippen molar-refractivity contribution >= 4 is 11.8 Å². The first-order valence-electron chi connectivity index (χ1n) is 16.9. The van der Waals surface area contributed by atoms with E-state index in [-0.39, 0.29) is 0 Å². The third-order valence-electron chi connectivity index (χ3n) is 10.1. The summed E-state index contributed by atoms with van der Waals surface area (Å²) in [5.74, 6) is 0.600. The second kappa shape index (κ2) is 11.5. The van der Waals surface area contributed by atoms with Crippen molar-refractivity contribution in [2.24, 2.45) is 0 Å². The molecule has 0 unspecified atom stereocenters. The van der Waals surface area contributed by atoms with E-state index in [4.69, 9.17) is 15.2 Å². The molecule has 0 radical (unpaired) electrons. The van der Waals surface area contributed by atoms with Crippen molar-refractivity contribution in [1.29, 1.82) is 0 Å². The molecule has 0 fully saturated rings. The van der Waals surface area contributed by atoms with Crippen molar-refractivity contribution in [2.45, 2.75) is 15.2 Å². The Morgan fingerprint density at radius 3 is 1.54 bits per heavy atom. The Morgan fingerprint density at radius 2 is 0.860 bits per heavy atom. The lowest BCUT2D eigenvalue weighted by molar-refractivity contribution is 0.722. The van der Waals surface area contributed by atoms with Crippen LogP contribution in [0.3, 0.4) is 0 Å². The zero-order valence-corrected chi connectivity index (χ0v) is 27.8. The van der Waals surface area contributed by atoms with Crippen LogP contribution in [0.5, 0.6) is 0 Å². The van der Waals surface area contributed by atoms with E-state index in [1.807, 2.05) is 48.2 Å². The standard InChI is InChI=1S/C46H29N3S/c1-3-16-30(17-4-1)43-44(31-18-5-2-6-19-31)48-49-45(47-43)34-21-8-7-20-32(34)33-23-15-27-39-42(33)35-22-9-10-24-36(35)46(39)37-25-11-13-28-40(37)50-41-29-14-12-26-38(41)46/h1-29H. The number of hydrogen-bond donors (Lipinski definition) is 0. The molecule has 1 spiro atoms. The topological polar surface area (TPSA) is 38.7 Å². The molecule has 1 aliphatic heterocycles. The van der Waals surface area contributed by atoms with E-state index in [1.54, 1.807) is 0 Å². The van der Waals surface area contributed by atoms with Crippen LogP contribution < -0.4 is 0 Å². The van der Waals surface area contributed by atoms with Crippen molar-refractivity contribution in [3.8, 4) is 56.2 Å².